The fraction of sp³-hybridized carbons (Fsp3) is 0.545. The number of halogens is 6. The van der Waals surface area contributed by atoms with E-state index >= 15 is 0 Å². The molecule has 1 aromatic heterocycles. The van der Waals surface area contributed by atoms with Gasteiger partial charge in [0.05, 0.1) is 0 Å². The van der Waals surface area contributed by atoms with Crippen molar-refractivity contribution in [1.29, 1.82) is 0 Å². The molecule has 1 N–H and O–H groups in total. The molecule has 0 amide bonds. The molecule has 1 rings (SSSR count). The van der Waals surface area contributed by atoms with Crippen molar-refractivity contribution in [2.75, 3.05) is 0 Å². The SMILES string of the molecule is CCCCc1ccc[nH+]c1.O=S(=O)([N-]S(=O)(=O)C(F)(F)F)C(F)(F)F. The zero-order valence-electron chi connectivity index (χ0n) is 12.6. The lowest BCUT2D eigenvalue weighted by Crippen LogP contribution is -2.30. The second-order valence-electron chi connectivity index (χ2n) is 4.43. The normalized spacial score (nSPS) is 13.1. The molecule has 0 aliphatic heterocycles. The molecule has 0 bridgehead atoms. The molecule has 0 saturated heterocycles. The van der Waals surface area contributed by atoms with Crippen molar-refractivity contribution in [1.82, 2.24) is 0 Å². The molecule has 0 aliphatic rings. The molecule has 14 heteroatoms. The monoisotopic (exact) mass is 416 g/mol. The van der Waals surface area contributed by atoms with Crippen LogP contribution in [0, 0.1) is 0 Å². The van der Waals surface area contributed by atoms with Gasteiger partial charge in [-0.3, -0.25) is 0 Å². The second-order valence-corrected chi connectivity index (χ2v) is 7.85. The highest BCUT2D eigenvalue weighted by molar-refractivity contribution is 8.13. The van der Waals surface area contributed by atoms with Gasteiger partial charge in [0.15, 0.2) is 32.4 Å². The Labute approximate surface area is 140 Å². The van der Waals surface area contributed by atoms with Gasteiger partial charge in [0, 0.05) is 11.6 Å². The number of sulfonamides is 2. The van der Waals surface area contributed by atoms with E-state index in [1.165, 1.54) is 24.8 Å². The van der Waals surface area contributed by atoms with E-state index in [0.29, 0.717) is 0 Å². The van der Waals surface area contributed by atoms with Gasteiger partial charge >= 0.3 is 11.0 Å². The van der Waals surface area contributed by atoms with E-state index in [1.807, 2.05) is 12.3 Å². The van der Waals surface area contributed by atoms with E-state index in [1.54, 1.807) is 0 Å². The average Bonchev–Trinajstić information content (AvgIpc) is 2.43. The molecule has 1 heterocycles. The second kappa shape index (κ2) is 8.80. The van der Waals surface area contributed by atoms with E-state index in [-0.39, 0.29) is 0 Å². The smallest absolute Gasteiger partial charge is 0.421 e. The molecule has 6 nitrogen and oxygen atoms in total. The highest BCUT2D eigenvalue weighted by Crippen LogP contribution is 2.36. The molecule has 0 spiro atoms. The van der Waals surface area contributed by atoms with E-state index in [2.05, 4.69) is 24.2 Å². The highest BCUT2D eigenvalue weighted by Gasteiger charge is 2.46. The fourth-order valence-electron chi connectivity index (χ4n) is 1.18. The predicted molar refractivity (Wildman–Crippen MR) is 74.9 cm³/mol. The zero-order valence-corrected chi connectivity index (χ0v) is 14.2. The molecule has 0 unspecified atom stereocenters. The first-order chi connectivity index (χ1) is 11.1. The van der Waals surface area contributed by atoms with Crippen LogP contribution in [-0.4, -0.2) is 27.9 Å². The van der Waals surface area contributed by atoms with Gasteiger partial charge in [-0.1, -0.05) is 13.3 Å². The first-order valence-corrected chi connectivity index (χ1v) is 9.34. The van der Waals surface area contributed by atoms with Gasteiger partial charge in [-0.15, -0.1) is 0 Å². The number of nitrogens with one attached hydrogen (secondary N) is 1. The van der Waals surface area contributed by atoms with Crippen LogP contribution in [0.4, 0.5) is 26.3 Å². The third kappa shape index (κ3) is 8.00. The maximum Gasteiger partial charge on any atom is 0.480 e. The van der Waals surface area contributed by atoms with Crippen LogP contribution in [0.3, 0.4) is 0 Å². The van der Waals surface area contributed by atoms with Gasteiger partial charge < -0.3 is 4.13 Å². The summed E-state index contributed by atoms with van der Waals surface area (Å²) in [6, 6.07) is 4.21. The number of pyridine rings is 1. The Hall–Kier alpha value is -1.41. The molecule has 0 saturated carbocycles. The fourth-order valence-corrected chi connectivity index (χ4v) is 2.89. The predicted octanol–water partition coefficient (Wildman–Crippen LogP) is 2.90. The summed E-state index contributed by atoms with van der Waals surface area (Å²) in [5.41, 5.74) is -11.0. The Morgan fingerprint density at radius 3 is 1.80 bits per heavy atom. The third-order valence-corrected chi connectivity index (χ3v) is 5.11. The Bertz CT molecular complexity index is 688. The number of hydrogen-bond acceptors (Lipinski definition) is 4. The van der Waals surface area contributed by atoms with Crippen LogP contribution in [-0.2, 0) is 26.5 Å². The van der Waals surface area contributed by atoms with Gasteiger partial charge in [0.1, 0.15) is 0 Å². The quantitative estimate of drug-likeness (QED) is 0.690. The standard InChI is InChI=1S/C9H13N.C2F6NO4S2/c1-2-3-5-9-6-4-7-10-8-9;3-1(4,5)14(10,11)9-15(12,13)2(6,7)8/h4,6-8H,2-3,5H2,1H3;/q;-1/p+1. The lowest BCUT2D eigenvalue weighted by atomic mass is 10.1. The molecule has 25 heavy (non-hydrogen) atoms. The van der Waals surface area contributed by atoms with Crippen molar-refractivity contribution in [3.63, 3.8) is 0 Å². The van der Waals surface area contributed by atoms with Crippen LogP contribution in [0.2, 0.25) is 0 Å². The first-order valence-electron chi connectivity index (χ1n) is 6.46. The molecular formula is C11H14F6N2O4S2. The summed E-state index contributed by atoms with van der Waals surface area (Å²) < 4.78 is 109. The summed E-state index contributed by atoms with van der Waals surface area (Å²) in [4.78, 5) is 3.07. The van der Waals surface area contributed by atoms with Crippen molar-refractivity contribution in [2.45, 2.75) is 37.2 Å². The number of aryl methyl sites for hydroxylation is 1. The number of alkyl halides is 6. The summed E-state index contributed by atoms with van der Waals surface area (Å²) >= 11 is 0. The Kier molecular flexibility index (Phi) is 8.30. The van der Waals surface area contributed by atoms with Crippen molar-refractivity contribution in [2.24, 2.45) is 0 Å². The molecule has 0 aliphatic carbocycles. The van der Waals surface area contributed by atoms with Crippen molar-refractivity contribution in [3.8, 4) is 0 Å². The summed E-state index contributed by atoms with van der Waals surface area (Å²) in [5.74, 6) is 0. The van der Waals surface area contributed by atoms with Crippen LogP contribution in [0.15, 0.2) is 24.5 Å². The minimum absolute atomic E-state index is 0.778. The molecule has 1 aromatic rings. The molecule has 0 radical (unpaired) electrons. The van der Waals surface area contributed by atoms with E-state index < -0.39 is 31.1 Å². The molecule has 146 valence electrons. The minimum atomic E-state index is -6.72. The largest absolute Gasteiger partial charge is 0.480 e. The zero-order chi connectivity index (χ0) is 19.9. The lowest BCUT2D eigenvalue weighted by Gasteiger charge is -2.22. The van der Waals surface area contributed by atoms with Crippen LogP contribution < -0.4 is 4.98 Å². The minimum Gasteiger partial charge on any atom is -0.421 e. The van der Waals surface area contributed by atoms with Crippen LogP contribution in [0.1, 0.15) is 25.3 Å². The third-order valence-electron chi connectivity index (χ3n) is 2.37. The summed E-state index contributed by atoms with van der Waals surface area (Å²) in [6.07, 6.45) is 7.77. The van der Waals surface area contributed by atoms with Gasteiger partial charge in [0.2, 0.25) is 0 Å². The maximum atomic E-state index is 11.4. The van der Waals surface area contributed by atoms with Crippen molar-refractivity contribution >= 4 is 20.0 Å². The van der Waals surface area contributed by atoms with Crippen LogP contribution in [0.5, 0.6) is 0 Å². The van der Waals surface area contributed by atoms with E-state index in [0.717, 1.165) is 4.13 Å². The Morgan fingerprint density at radius 1 is 1.00 bits per heavy atom. The summed E-state index contributed by atoms with van der Waals surface area (Å²) in [5, 5.41) is 0. The molecule has 0 aromatic carbocycles. The van der Waals surface area contributed by atoms with Crippen LogP contribution in [0.25, 0.3) is 4.13 Å². The van der Waals surface area contributed by atoms with Gasteiger partial charge in [-0.05, 0) is 18.9 Å². The van der Waals surface area contributed by atoms with Gasteiger partial charge in [-0.2, -0.15) is 26.3 Å². The van der Waals surface area contributed by atoms with Crippen LogP contribution >= 0.6 is 0 Å². The highest BCUT2D eigenvalue weighted by atomic mass is 32.3. The number of hydrogen-bond donors (Lipinski definition) is 0. The van der Waals surface area contributed by atoms with Gasteiger partial charge in [-0.25, -0.2) is 21.8 Å². The Morgan fingerprint density at radius 2 is 1.48 bits per heavy atom. The van der Waals surface area contributed by atoms with Crippen molar-refractivity contribution in [3.05, 3.63) is 34.2 Å². The summed E-state index contributed by atoms with van der Waals surface area (Å²) in [6.45, 7) is 2.21. The molecule has 0 fully saturated rings. The molecule has 0 atom stereocenters. The number of H-pyrrole nitrogens is 1. The van der Waals surface area contributed by atoms with Gasteiger partial charge in [0.25, 0.3) is 0 Å². The van der Waals surface area contributed by atoms with E-state index in [4.69, 9.17) is 0 Å². The lowest BCUT2D eigenvalue weighted by molar-refractivity contribution is -0.378. The topological polar surface area (TPSA) is 96.5 Å². The first kappa shape index (κ1) is 23.6. The number of rotatable bonds is 5. The van der Waals surface area contributed by atoms with Crippen molar-refractivity contribution < 1.29 is 48.2 Å². The van der Waals surface area contributed by atoms with E-state index in [9.17, 15) is 43.2 Å². The number of aromatic amines is 1. The number of aromatic nitrogens is 1. The number of unbranched alkanes of at least 4 members (excludes halogenated alkanes) is 1. The Balaban J connectivity index is 0.000000496. The average molecular weight is 416 g/mol. The maximum absolute atomic E-state index is 11.4. The molecular weight excluding hydrogens is 402 g/mol. The number of nitrogens with zero attached hydrogens (tertiary/aromatic N) is 1. The summed E-state index contributed by atoms with van der Waals surface area (Å²) in [7, 11) is -13.4.